The molecule has 9 heteroatoms. The molecule has 32 heavy (non-hydrogen) atoms. The molecule has 2 heterocycles. The molecular formula is C23H23FN6O2. The summed E-state index contributed by atoms with van der Waals surface area (Å²) in [5.74, 6) is 1.11. The number of aryl methyl sites for hydroxylation is 1. The van der Waals surface area contributed by atoms with Crippen LogP contribution in [0, 0.1) is 5.82 Å². The number of halogens is 1. The molecule has 1 amide bonds. The summed E-state index contributed by atoms with van der Waals surface area (Å²) in [5.41, 5.74) is 8.03. The number of anilines is 1. The summed E-state index contributed by atoms with van der Waals surface area (Å²) in [6, 6.07) is 13.2. The van der Waals surface area contributed by atoms with Gasteiger partial charge in [-0.25, -0.2) is 9.37 Å². The van der Waals surface area contributed by atoms with Crippen molar-refractivity contribution >= 4 is 22.8 Å². The van der Waals surface area contributed by atoms with Gasteiger partial charge in [0.2, 0.25) is 5.95 Å². The Hall–Kier alpha value is -4.01. The van der Waals surface area contributed by atoms with Gasteiger partial charge in [0, 0.05) is 35.5 Å². The molecule has 0 radical (unpaired) electrons. The van der Waals surface area contributed by atoms with Gasteiger partial charge in [-0.3, -0.25) is 4.79 Å². The molecule has 0 aliphatic carbocycles. The lowest BCUT2D eigenvalue weighted by atomic mass is 10.1. The lowest BCUT2D eigenvalue weighted by Crippen LogP contribution is -2.24. The van der Waals surface area contributed by atoms with Gasteiger partial charge in [0.05, 0.1) is 17.8 Å². The van der Waals surface area contributed by atoms with Crippen LogP contribution in [0.1, 0.15) is 29.5 Å². The van der Waals surface area contributed by atoms with E-state index in [2.05, 4.69) is 25.5 Å². The summed E-state index contributed by atoms with van der Waals surface area (Å²) in [7, 11) is 0. The van der Waals surface area contributed by atoms with Crippen molar-refractivity contribution in [3.63, 3.8) is 0 Å². The van der Waals surface area contributed by atoms with Crippen molar-refractivity contribution in [1.29, 1.82) is 0 Å². The smallest absolute Gasteiger partial charge is 0.251 e. The maximum atomic E-state index is 13.3. The van der Waals surface area contributed by atoms with Crippen molar-refractivity contribution in [2.75, 3.05) is 18.9 Å². The molecule has 0 spiro atoms. The maximum Gasteiger partial charge on any atom is 0.251 e. The third-order valence-corrected chi connectivity index (χ3v) is 4.90. The van der Waals surface area contributed by atoms with Gasteiger partial charge in [0.25, 0.3) is 5.91 Å². The molecule has 8 nitrogen and oxygen atoms in total. The molecule has 0 saturated carbocycles. The highest BCUT2D eigenvalue weighted by molar-refractivity contribution is 5.99. The van der Waals surface area contributed by atoms with Crippen molar-refractivity contribution in [3.05, 3.63) is 65.7 Å². The second-order valence-corrected chi connectivity index (χ2v) is 7.19. The first-order valence-corrected chi connectivity index (χ1v) is 10.3. The number of nitrogens with two attached hydrogens (primary N) is 1. The van der Waals surface area contributed by atoms with Gasteiger partial charge in [-0.1, -0.05) is 0 Å². The van der Waals surface area contributed by atoms with Gasteiger partial charge >= 0.3 is 0 Å². The first-order chi connectivity index (χ1) is 15.5. The first-order valence-electron chi connectivity index (χ1n) is 10.3. The molecule has 2 aromatic carbocycles. The SMILES string of the molecule is CCOc1cc(-c2ccc(F)cc2)nc2cc(C(=O)NCCCc3nnc(N)[nH]3)ccc12. The zero-order valence-electron chi connectivity index (χ0n) is 17.6. The van der Waals surface area contributed by atoms with Gasteiger partial charge in [-0.2, -0.15) is 0 Å². The van der Waals surface area contributed by atoms with Gasteiger partial charge in [-0.15, -0.1) is 10.2 Å². The summed E-state index contributed by atoms with van der Waals surface area (Å²) in [4.78, 5) is 20.2. The van der Waals surface area contributed by atoms with E-state index < -0.39 is 0 Å². The van der Waals surface area contributed by atoms with E-state index in [-0.39, 0.29) is 17.7 Å². The van der Waals surface area contributed by atoms with E-state index in [1.807, 2.05) is 19.1 Å². The Morgan fingerprint density at radius 1 is 1.16 bits per heavy atom. The molecule has 0 bridgehead atoms. The third kappa shape index (κ3) is 4.83. The number of carbonyl (C=O) groups excluding carboxylic acids is 1. The number of carbonyl (C=O) groups is 1. The van der Waals surface area contributed by atoms with Crippen LogP contribution in [-0.2, 0) is 6.42 Å². The van der Waals surface area contributed by atoms with Crippen LogP contribution in [0.15, 0.2) is 48.5 Å². The molecular weight excluding hydrogens is 411 g/mol. The van der Waals surface area contributed by atoms with Crippen molar-refractivity contribution in [2.24, 2.45) is 0 Å². The largest absolute Gasteiger partial charge is 0.493 e. The monoisotopic (exact) mass is 434 g/mol. The summed E-state index contributed by atoms with van der Waals surface area (Å²) in [5, 5.41) is 11.3. The van der Waals surface area contributed by atoms with Crippen LogP contribution in [0.5, 0.6) is 5.75 Å². The van der Waals surface area contributed by atoms with Gasteiger partial charge in [0.1, 0.15) is 17.4 Å². The molecule has 0 unspecified atom stereocenters. The number of ether oxygens (including phenoxy) is 1. The van der Waals surface area contributed by atoms with Crippen LogP contribution >= 0.6 is 0 Å². The number of nitrogen functional groups attached to an aromatic ring is 1. The summed E-state index contributed by atoms with van der Waals surface area (Å²) >= 11 is 0. The predicted octanol–water partition coefficient (Wildman–Crippen LogP) is 3.50. The number of hydrogen-bond acceptors (Lipinski definition) is 6. The lowest BCUT2D eigenvalue weighted by Gasteiger charge is -2.12. The van der Waals surface area contributed by atoms with Gasteiger partial charge in [0.15, 0.2) is 0 Å². The fourth-order valence-corrected chi connectivity index (χ4v) is 3.37. The van der Waals surface area contributed by atoms with E-state index in [9.17, 15) is 9.18 Å². The van der Waals surface area contributed by atoms with Crippen molar-refractivity contribution < 1.29 is 13.9 Å². The molecule has 2 aromatic heterocycles. The molecule has 164 valence electrons. The zero-order chi connectivity index (χ0) is 22.5. The molecule has 0 saturated heterocycles. The van der Waals surface area contributed by atoms with Crippen LogP contribution in [0.2, 0.25) is 0 Å². The number of nitrogens with one attached hydrogen (secondary N) is 2. The molecule has 0 fully saturated rings. The molecule has 0 aliphatic rings. The highest BCUT2D eigenvalue weighted by atomic mass is 19.1. The summed E-state index contributed by atoms with van der Waals surface area (Å²) < 4.78 is 19.1. The Kier molecular flexibility index (Phi) is 6.25. The number of H-pyrrole nitrogens is 1. The minimum absolute atomic E-state index is 0.198. The molecule has 4 N–H and O–H groups in total. The van der Waals surface area contributed by atoms with Crippen LogP contribution in [0.25, 0.3) is 22.2 Å². The maximum absolute atomic E-state index is 13.3. The van der Waals surface area contributed by atoms with Gasteiger partial charge in [-0.05, 0) is 55.8 Å². The Bertz CT molecular complexity index is 1240. The van der Waals surface area contributed by atoms with E-state index in [0.29, 0.717) is 54.3 Å². The number of pyridine rings is 1. The topological polar surface area (TPSA) is 119 Å². The minimum Gasteiger partial charge on any atom is -0.493 e. The number of aromatic nitrogens is 4. The quantitative estimate of drug-likeness (QED) is 0.365. The first kappa shape index (κ1) is 21.2. The van der Waals surface area contributed by atoms with Crippen LogP contribution < -0.4 is 15.8 Å². The molecule has 4 rings (SSSR count). The second-order valence-electron chi connectivity index (χ2n) is 7.19. The minimum atomic E-state index is -0.315. The fraction of sp³-hybridized carbons (Fsp3) is 0.217. The van der Waals surface area contributed by atoms with E-state index in [4.69, 9.17) is 10.5 Å². The van der Waals surface area contributed by atoms with E-state index in [0.717, 1.165) is 10.9 Å². The second kappa shape index (κ2) is 9.42. The van der Waals surface area contributed by atoms with E-state index in [1.54, 1.807) is 24.3 Å². The number of fused-ring (bicyclic) bond motifs is 1. The molecule has 0 atom stereocenters. The number of hydrogen-bond donors (Lipinski definition) is 3. The number of benzene rings is 2. The number of aromatic amines is 1. The Morgan fingerprint density at radius 2 is 1.97 bits per heavy atom. The van der Waals surface area contributed by atoms with Crippen LogP contribution in [0.4, 0.5) is 10.3 Å². The van der Waals surface area contributed by atoms with Crippen molar-refractivity contribution in [2.45, 2.75) is 19.8 Å². The van der Waals surface area contributed by atoms with Crippen molar-refractivity contribution in [1.82, 2.24) is 25.5 Å². The highest BCUT2D eigenvalue weighted by Crippen LogP contribution is 2.31. The standard InChI is InChI=1S/C23H23FN6O2/c1-2-32-20-13-18(14-5-8-16(24)9-6-14)27-19-12-15(7-10-17(19)20)22(31)26-11-3-4-21-28-23(25)30-29-21/h5-10,12-13H,2-4,11H2,1H3,(H,26,31)(H3,25,28,29,30). The molecule has 0 aliphatic heterocycles. The average molecular weight is 434 g/mol. The third-order valence-electron chi connectivity index (χ3n) is 4.90. The number of amides is 1. The number of nitrogens with zero attached hydrogens (tertiary/aromatic N) is 3. The van der Waals surface area contributed by atoms with E-state index >= 15 is 0 Å². The lowest BCUT2D eigenvalue weighted by molar-refractivity contribution is 0.0953. The normalized spacial score (nSPS) is 10.9. The zero-order valence-corrected chi connectivity index (χ0v) is 17.6. The Balaban J connectivity index is 1.53. The Morgan fingerprint density at radius 3 is 2.69 bits per heavy atom. The summed E-state index contributed by atoms with van der Waals surface area (Å²) in [6.45, 7) is 2.87. The van der Waals surface area contributed by atoms with E-state index in [1.165, 1.54) is 12.1 Å². The number of rotatable bonds is 8. The Labute approximate surface area is 184 Å². The predicted molar refractivity (Wildman–Crippen MR) is 120 cm³/mol. The average Bonchev–Trinajstić information content (AvgIpc) is 3.21. The summed E-state index contributed by atoms with van der Waals surface area (Å²) in [6.07, 6.45) is 1.32. The van der Waals surface area contributed by atoms with Gasteiger partial charge < -0.3 is 20.8 Å². The van der Waals surface area contributed by atoms with Crippen LogP contribution in [-0.4, -0.2) is 39.2 Å². The molecule has 4 aromatic rings. The van der Waals surface area contributed by atoms with Crippen LogP contribution in [0.3, 0.4) is 0 Å². The fourth-order valence-electron chi connectivity index (χ4n) is 3.37. The van der Waals surface area contributed by atoms with Crippen molar-refractivity contribution in [3.8, 4) is 17.0 Å². The highest BCUT2D eigenvalue weighted by Gasteiger charge is 2.12.